The second-order valence-electron chi connectivity index (χ2n) is 8.68. The number of hydrogen-bond donors (Lipinski definition) is 5. The van der Waals surface area contributed by atoms with Crippen LogP contribution in [0.1, 0.15) is 31.7 Å². The zero-order valence-electron chi connectivity index (χ0n) is 19.0. The molecule has 5 rings (SSSR count). The third-order valence-corrected chi connectivity index (χ3v) is 7.21. The Hall–Kier alpha value is -3.92. The van der Waals surface area contributed by atoms with Crippen LogP contribution in [-0.4, -0.2) is 39.6 Å². The number of aromatic nitrogens is 4. The minimum Gasteiger partial charge on any atom is -0.506 e. The highest BCUT2D eigenvalue weighted by molar-refractivity contribution is 8.23. The summed E-state index contributed by atoms with van der Waals surface area (Å²) >= 11 is 0. The van der Waals surface area contributed by atoms with E-state index in [1.54, 1.807) is 30.5 Å². The summed E-state index contributed by atoms with van der Waals surface area (Å²) in [6.45, 7) is 4.45. The number of amidine groups is 1. The lowest BCUT2D eigenvalue weighted by atomic mass is 10.1. The van der Waals surface area contributed by atoms with E-state index >= 15 is 0 Å². The van der Waals surface area contributed by atoms with Gasteiger partial charge in [-0.05, 0) is 36.6 Å². The summed E-state index contributed by atoms with van der Waals surface area (Å²) in [4.78, 5) is 25.2. The first-order valence-electron chi connectivity index (χ1n) is 11.0. The SMILES string of the molecule is CC(C)CCn1c(=O)c(C2=NS(O)(O)c3c(ccc4[nH]c(CC#N)nc34)N2)c(O)c2cccnc21. The van der Waals surface area contributed by atoms with Gasteiger partial charge in [-0.15, -0.1) is 4.40 Å². The van der Waals surface area contributed by atoms with E-state index < -0.39 is 16.3 Å². The van der Waals surface area contributed by atoms with Gasteiger partial charge in [-0.1, -0.05) is 24.6 Å². The molecule has 0 unspecified atom stereocenters. The number of nitrogens with one attached hydrogen (secondary N) is 2. The number of nitrogens with zero attached hydrogens (tertiary/aromatic N) is 5. The summed E-state index contributed by atoms with van der Waals surface area (Å²) in [6, 6.07) is 8.57. The molecule has 11 nitrogen and oxygen atoms in total. The van der Waals surface area contributed by atoms with E-state index in [0.29, 0.717) is 41.3 Å². The predicted molar refractivity (Wildman–Crippen MR) is 134 cm³/mol. The van der Waals surface area contributed by atoms with Crippen LogP contribution in [0.2, 0.25) is 0 Å². The van der Waals surface area contributed by atoms with Crippen molar-refractivity contribution in [3.63, 3.8) is 0 Å². The highest BCUT2D eigenvalue weighted by atomic mass is 32.3. The number of imidazole rings is 1. The summed E-state index contributed by atoms with van der Waals surface area (Å²) in [5.41, 5.74) is 0.695. The van der Waals surface area contributed by atoms with Gasteiger partial charge in [-0.25, -0.2) is 9.97 Å². The molecule has 0 atom stereocenters. The summed E-state index contributed by atoms with van der Waals surface area (Å²) in [7, 11) is -3.81. The zero-order chi connectivity index (χ0) is 24.9. The van der Waals surface area contributed by atoms with Gasteiger partial charge in [0.15, 0.2) is 5.84 Å². The van der Waals surface area contributed by atoms with Crippen molar-refractivity contribution in [1.82, 2.24) is 19.5 Å². The highest BCUT2D eigenvalue weighted by Gasteiger charge is 2.33. The molecule has 0 bridgehead atoms. The quantitative estimate of drug-likeness (QED) is 0.277. The molecule has 3 aromatic heterocycles. The Morgan fingerprint density at radius 2 is 2.06 bits per heavy atom. The molecular formula is C23H23N7O4S. The van der Waals surface area contributed by atoms with E-state index in [0.717, 1.165) is 0 Å². The van der Waals surface area contributed by atoms with Crippen LogP contribution < -0.4 is 10.9 Å². The van der Waals surface area contributed by atoms with Crippen LogP contribution >= 0.6 is 10.8 Å². The Morgan fingerprint density at radius 1 is 1.26 bits per heavy atom. The number of benzene rings is 1. The number of hydrogen-bond acceptors (Lipinski definition) is 9. The van der Waals surface area contributed by atoms with Crippen molar-refractivity contribution in [1.29, 1.82) is 5.26 Å². The molecule has 4 aromatic rings. The van der Waals surface area contributed by atoms with Gasteiger partial charge < -0.3 is 15.4 Å². The number of H-pyrrole nitrogens is 1. The van der Waals surface area contributed by atoms with Crippen LogP contribution in [0.25, 0.3) is 22.1 Å². The molecule has 0 saturated carbocycles. The molecule has 1 aliphatic heterocycles. The Labute approximate surface area is 201 Å². The van der Waals surface area contributed by atoms with Crippen molar-refractivity contribution >= 4 is 44.4 Å². The van der Waals surface area contributed by atoms with E-state index in [1.807, 2.05) is 19.9 Å². The lowest BCUT2D eigenvalue weighted by Gasteiger charge is -2.34. The topological polar surface area (TPSA) is 172 Å². The maximum atomic E-state index is 13.6. The Kier molecular flexibility index (Phi) is 5.47. The predicted octanol–water partition coefficient (Wildman–Crippen LogP) is 3.99. The number of aryl methyl sites for hydroxylation is 1. The minimum atomic E-state index is -3.81. The molecule has 1 aliphatic rings. The second kappa shape index (κ2) is 8.38. The smallest absolute Gasteiger partial charge is 0.267 e. The van der Waals surface area contributed by atoms with E-state index in [9.17, 15) is 19.0 Å². The van der Waals surface area contributed by atoms with Crippen molar-refractivity contribution in [2.24, 2.45) is 10.3 Å². The van der Waals surface area contributed by atoms with Crippen LogP contribution in [-0.2, 0) is 13.0 Å². The maximum Gasteiger partial charge on any atom is 0.267 e. The van der Waals surface area contributed by atoms with Crippen LogP contribution in [0, 0.1) is 17.2 Å². The molecule has 180 valence electrons. The van der Waals surface area contributed by atoms with Crippen LogP contribution in [0.5, 0.6) is 5.75 Å². The minimum absolute atomic E-state index is 0.0273. The molecular weight excluding hydrogens is 470 g/mol. The molecule has 0 spiro atoms. The number of aromatic hydroxyl groups is 1. The van der Waals surface area contributed by atoms with Gasteiger partial charge in [-0.3, -0.25) is 18.5 Å². The Bertz CT molecular complexity index is 1610. The summed E-state index contributed by atoms with van der Waals surface area (Å²) in [6.07, 6.45) is 2.28. The summed E-state index contributed by atoms with van der Waals surface area (Å²) in [5.74, 6) is 0.204. The number of rotatable bonds is 5. The third kappa shape index (κ3) is 3.79. The normalized spacial score (nSPS) is 15.5. The fourth-order valence-electron chi connectivity index (χ4n) is 4.14. The van der Waals surface area contributed by atoms with E-state index in [2.05, 4.69) is 24.7 Å². The molecule has 0 fully saturated rings. The van der Waals surface area contributed by atoms with Crippen LogP contribution in [0.3, 0.4) is 0 Å². The van der Waals surface area contributed by atoms with Gasteiger partial charge in [0.1, 0.15) is 33.2 Å². The average molecular weight is 494 g/mol. The first kappa shape index (κ1) is 22.9. The average Bonchev–Trinajstić information content (AvgIpc) is 3.21. The van der Waals surface area contributed by atoms with Crippen molar-refractivity contribution in [2.45, 2.75) is 38.1 Å². The molecule has 12 heteroatoms. The molecule has 4 heterocycles. The van der Waals surface area contributed by atoms with Gasteiger partial charge in [0, 0.05) is 12.7 Å². The standard InChI is InChI=1S/C23H23N7O4S/c1-12(2)8-11-30-22-13(4-3-10-25-22)19(31)17(23(30)32)21-27-15-6-5-14-18(20(15)35(33,34)29-21)28-16(26-14)7-9-24/h3-6,10,12,31,33-34H,7-8,11H2,1-2H3,(H,26,28)(H,27,29). The maximum absolute atomic E-state index is 13.6. The third-order valence-electron chi connectivity index (χ3n) is 5.81. The lowest BCUT2D eigenvalue weighted by Crippen LogP contribution is -2.32. The number of aromatic amines is 1. The van der Waals surface area contributed by atoms with Gasteiger partial charge in [0.05, 0.1) is 29.1 Å². The van der Waals surface area contributed by atoms with E-state index in [4.69, 9.17) is 5.26 Å². The van der Waals surface area contributed by atoms with Crippen LogP contribution in [0.4, 0.5) is 5.69 Å². The van der Waals surface area contributed by atoms with E-state index in [1.165, 1.54) is 4.57 Å². The van der Waals surface area contributed by atoms with Gasteiger partial charge in [-0.2, -0.15) is 5.26 Å². The first-order chi connectivity index (χ1) is 16.7. The van der Waals surface area contributed by atoms with Gasteiger partial charge >= 0.3 is 0 Å². The molecule has 1 aromatic carbocycles. The lowest BCUT2D eigenvalue weighted by molar-refractivity contribution is 0.473. The monoisotopic (exact) mass is 493 g/mol. The summed E-state index contributed by atoms with van der Waals surface area (Å²) in [5, 5.41) is 23.4. The van der Waals surface area contributed by atoms with Crippen molar-refractivity contribution in [3.8, 4) is 11.8 Å². The van der Waals surface area contributed by atoms with Gasteiger partial charge in [0.2, 0.25) is 0 Å². The van der Waals surface area contributed by atoms with Crippen molar-refractivity contribution < 1.29 is 14.2 Å². The number of fused-ring (bicyclic) bond motifs is 4. The number of nitriles is 1. The van der Waals surface area contributed by atoms with Crippen molar-refractivity contribution in [2.75, 3.05) is 5.32 Å². The number of pyridine rings is 2. The molecule has 5 N–H and O–H groups in total. The summed E-state index contributed by atoms with van der Waals surface area (Å²) < 4.78 is 27.6. The Balaban J connectivity index is 1.70. The zero-order valence-corrected chi connectivity index (χ0v) is 19.8. The van der Waals surface area contributed by atoms with Crippen molar-refractivity contribution in [3.05, 3.63) is 52.2 Å². The first-order valence-corrected chi connectivity index (χ1v) is 12.5. The molecule has 0 radical (unpaired) electrons. The molecule has 35 heavy (non-hydrogen) atoms. The van der Waals surface area contributed by atoms with Gasteiger partial charge in [0.25, 0.3) is 5.56 Å². The fraction of sp³-hybridized carbons (Fsp3) is 0.261. The number of anilines is 1. The Morgan fingerprint density at radius 3 is 2.80 bits per heavy atom. The van der Waals surface area contributed by atoms with E-state index in [-0.39, 0.29) is 39.7 Å². The fourth-order valence-corrected chi connectivity index (χ4v) is 5.45. The highest BCUT2D eigenvalue weighted by Crippen LogP contribution is 2.57. The molecule has 0 aliphatic carbocycles. The molecule has 0 amide bonds. The van der Waals surface area contributed by atoms with Crippen LogP contribution in [0.15, 0.2) is 44.6 Å². The second-order valence-corrected chi connectivity index (χ2v) is 10.3. The molecule has 0 saturated heterocycles. The largest absolute Gasteiger partial charge is 0.506 e.